The quantitative estimate of drug-likeness (QED) is 0.589. The maximum Gasteiger partial charge on any atom is 0.274 e. The van der Waals surface area contributed by atoms with E-state index in [9.17, 15) is 4.79 Å². The van der Waals surface area contributed by atoms with Crippen LogP contribution in [-0.4, -0.2) is 18.0 Å². The van der Waals surface area contributed by atoms with Crippen molar-refractivity contribution in [3.8, 4) is 5.75 Å². The molecule has 0 atom stereocenters. The predicted molar refractivity (Wildman–Crippen MR) is 80.7 cm³/mol. The lowest BCUT2D eigenvalue weighted by atomic mass is 10.2. The molecule has 0 aliphatic rings. The smallest absolute Gasteiger partial charge is 0.274 e. The summed E-state index contributed by atoms with van der Waals surface area (Å²) < 4.78 is 6.03. The SMILES string of the molecule is COc1ccc(Br)cc1NC(=O)c1cccc(NN)n1. The molecule has 4 N–H and O–H groups in total. The zero-order chi connectivity index (χ0) is 14.5. The number of nitrogen functional groups attached to an aromatic ring is 1. The van der Waals surface area contributed by atoms with Crippen molar-refractivity contribution < 1.29 is 9.53 Å². The van der Waals surface area contributed by atoms with Crippen LogP contribution in [0.3, 0.4) is 0 Å². The summed E-state index contributed by atoms with van der Waals surface area (Å²) in [6.45, 7) is 0. The number of pyridine rings is 1. The van der Waals surface area contributed by atoms with Gasteiger partial charge in [-0.05, 0) is 30.3 Å². The number of methoxy groups -OCH3 is 1. The number of nitrogens with two attached hydrogens (primary N) is 1. The van der Waals surface area contributed by atoms with E-state index >= 15 is 0 Å². The first-order valence-corrected chi connectivity index (χ1v) is 6.52. The molecule has 1 heterocycles. The molecule has 0 bridgehead atoms. The van der Waals surface area contributed by atoms with Gasteiger partial charge in [0, 0.05) is 4.47 Å². The van der Waals surface area contributed by atoms with Gasteiger partial charge in [-0.15, -0.1) is 0 Å². The number of nitrogens with one attached hydrogen (secondary N) is 2. The fourth-order valence-corrected chi connectivity index (χ4v) is 1.97. The number of rotatable bonds is 4. The molecular weight excluding hydrogens is 324 g/mol. The maximum absolute atomic E-state index is 12.1. The topological polar surface area (TPSA) is 89.3 Å². The summed E-state index contributed by atoms with van der Waals surface area (Å²) in [4.78, 5) is 16.2. The number of hydrazine groups is 1. The first-order chi connectivity index (χ1) is 9.63. The van der Waals surface area contributed by atoms with E-state index in [0.717, 1.165) is 4.47 Å². The summed E-state index contributed by atoms with van der Waals surface area (Å²) in [5.74, 6) is 5.90. The summed E-state index contributed by atoms with van der Waals surface area (Å²) in [6.07, 6.45) is 0. The summed E-state index contributed by atoms with van der Waals surface area (Å²) >= 11 is 3.35. The molecule has 0 radical (unpaired) electrons. The number of aromatic nitrogens is 1. The lowest BCUT2D eigenvalue weighted by molar-refractivity contribution is 0.102. The highest BCUT2D eigenvalue weighted by Crippen LogP contribution is 2.28. The highest BCUT2D eigenvalue weighted by Gasteiger charge is 2.11. The van der Waals surface area contributed by atoms with Gasteiger partial charge in [0.1, 0.15) is 17.3 Å². The zero-order valence-corrected chi connectivity index (χ0v) is 12.3. The minimum atomic E-state index is -0.349. The fraction of sp³-hybridized carbons (Fsp3) is 0.0769. The summed E-state index contributed by atoms with van der Waals surface area (Å²) in [5, 5.41) is 2.74. The standard InChI is InChI=1S/C13H13BrN4O2/c1-20-11-6-5-8(14)7-10(11)17-13(19)9-3-2-4-12(16-9)18-15/h2-7H,15H2,1H3,(H,16,18)(H,17,19). The van der Waals surface area contributed by atoms with Crippen LogP contribution in [0.25, 0.3) is 0 Å². The zero-order valence-electron chi connectivity index (χ0n) is 10.7. The van der Waals surface area contributed by atoms with E-state index in [1.807, 2.05) is 6.07 Å². The number of nitrogens with zero attached hydrogens (tertiary/aromatic N) is 1. The second-order valence-corrected chi connectivity index (χ2v) is 4.77. The molecule has 7 heteroatoms. The normalized spacial score (nSPS) is 9.95. The van der Waals surface area contributed by atoms with Crippen LogP contribution in [0.1, 0.15) is 10.5 Å². The molecule has 0 saturated carbocycles. The summed E-state index contributed by atoms with van der Waals surface area (Å²) in [6, 6.07) is 10.3. The van der Waals surface area contributed by atoms with Crippen molar-refractivity contribution in [3.05, 3.63) is 46.6 Å². The van der Waals surface area contributed by atoms with Crippen LogP contribution in [0.2, 0.25) is 0 Å². The second-order valence-electron chi connectivity index (χ2n) is 3.85. The number of hydrogen-bond donors (Lipinski definition) is 3. The van der Waals surface area contributed by atoms with Crippen LogP contribution in [0.15, 0.2) is 40.9 Å². The molecule has 6 nitrogen and oxygen atoms in total. The van der Waals surface area contributed by atoms with Crippen molar-refractivity contribution >= 4 is 33.3 Å². The van der Waals surface area contributed by atoms with E-state index in [1.165, 1.54) is 7.11 Å². The number of benzene rings is 1. The van der Waals surface area contributed by atoms with Gasteiger partial charge in [-0.2, -0.15) is 0 Å². The molecule has 1 aromatic heterocycles. The molecule has 1 amide bonds. The number of amides is 1. The first kappa shape index (κ1) is 14.3. The third kappa shape index (κ3) is 3.25. The minimum absolute atomic E-state index is 0.252. The van der Waals surface area contributed by atoms with Crippen molar-refractivity contribution in [1.82, 2.24) is 4.98 Å². The van der Waals surface area contributed by atoms with E-state index < -0.39 is 0 Å². The van der Waals surface area contributed by atoms with Crippen molar-refractivity contribution in [2.24, 2.45) is 5.84 Å². The minimum Gasteiger partial charge on any atom is -0.495 e. The molecule has 20 heavy (non-hydrogen) atoms. The van der Waals surface area contributed by atoms with Gasteiger partial charge in [0.05, 0.1) is 12.8 Å². The number of anilines is 2. The van der Waals surface area contributed by atoms with Crippen LogP contribution in [0, 0.1) is 0 Å². The predicted octanol–water partition coefficient (Wildman–Crippen LogP) is 2.39. The Labute approximate surface area is 124 Å². The van der Waals surface area contributed by atoms with Gasteiger partial charge < -0.3 is 15.5 Å². The van der Waals surface area contributed by atoms with Crippen LogP contribution >= 0.6 is 15.9 Å². The molecule has 0 saturated heterocycles. The monoisotopic (exact) mass is 336 g/mol. The molecule has 2 aromatic rings. The van der Waals surface area contributed by atoms with E-state index in [2.05, 4.69) is 31.7 Å². The molecule has 0 fully saturated rings. The number of carbonyl (C=O) groups excluding carboxylic acids is 1. The van der Waals surface area contributed by atoms with Crippen molar-refractivity contribution in [2.75, 3.05) is 17.9 Å². The van der Waals surface area contributed by atoms with E-state index in [1.54, 1.807) is 30.3 Å². The molecule has 0 unspecified atom stereocenters. The van der Waals surface area contributed by atoms with Crippen molar-refractivity contribution in [2.45, 2.75) is 0 Å². The van der Waals surface area contributed by atoms with Gasteiger partial charge in [-0.25, -0.2) is 10.8 Å². The Balaban J connectivity index is 2.25. The second kappa shape index (κ2) is 6.36. The largest absolute Gasteiger partial charge is 0.495 e. The number of carbonyl (C=O) groups is 1. The third-order valence-corrected chi connectivity index (χ3v) is 3.03. The molecule has 2 rings (SSSR count). The van der Waals surface area contributed by atoms with Gasteiger partial charge in [-0.3, -0.25) is 4.79 Å². The number of halogens is 1. The van der Waals surface area contributed by atoms with Gasteiger partial charge in [-0.1, -0.05) is 22.0 Å². The van der Waals surface area contributed by atoms with Gasteiger partial charge in [0.25, 0.3) is 5.91 Å². The van der Waals surface area contributed by atoms with E-state index in [-0.39, 0.29) is 11.6 Å². The van der Waals surface area contributed by atoms with Gasteiger partial charge in [0.2, 0.25) is 0 Å². The Kier molecular flexibility index (Phi) is 4.54. The number of hydrogen-bond acceptors (Lipinski definition) is 5. The Morgan fingerprint density at radius 1 is 1.35 bits per heavy atom. The van der Waals surface area contributed by atoms with Gasteiger partial charge >= 0.3 is 0 Å². The van der Waals surface area contributed by atoms with Gasteiger partial charge in [0.15, 0.2) is 0 Å². The fourth-order valence-electron chi connectivity index (χ4n) is 1.61. The Morgan fingerprint density at radius 2 is 2.15 bits per heavy atom. The van der Waals surface area contributed by atoms with Crippen molar-refractivity contribution in [3.63, 3.8) is 0 Å². The number of ether oxygens (including phenoxy) is 1. The molecule has 0 spiro atoms. The average Bonchev–Trinajstić information content (AvgIpc) is 2.47. The van der Waals surface area contributed by atoms with E-state index in [4.69, 9.17) is 10.6 Å². The van der Waals surface area contributed by atoms with E-state index in [0.29, 0.717) is 17.3 Å². The lowest BCUT2D eigenvalue weighted by Gasteiger charge is -2.10. The lowest BCUT2D eigenvalue weighted by Crippen LogP contribution is -2.16. The summed E-state index contributed by atoms with van der Waals surface area (Å²) in [7, 11) is 1.54. The Bertz CT molecular complexity index is 634. The molecule has 0 aliphatic carbocycles. The van der Waals surface area contributed by atoms with Crippen LogP contribution < -0.4 is 21.3 Å². The van der Waals surface area contributed by atoms with Crippen molar-refractivity contribution in [1.29, 1.82) is 0 Å². The van der Waals surface area contributed by atoms with Crippen LogP contribution in [-0.2, 0) is 0 Å². The highest BCUT2D eigenvalue weighted by molar-refractivity contribution is 9.10. The maximum atomic E-state index is 12.1. The van der Waals surface area contributed by atoms with Crippen LogP contribution in [0.5, 0.6) is 5.75 Å². The highest BCUT2D eigenvalue weighted by atomic mass is 79.9. The Morgan fingerprint density at radius 3 is 2.85 bits per heavy atom. The molecule has 104 valence electrons. The first-order valence-electron chi connectivity index (χ1n) is 5.72. The molecule has 1 aromatic carbocycles. The average molecular weight is 337 g/mol. The van der Waals surface area contributed by atoms with Crippen LogP contribution in [0.4, 0.5) is 11.5 Å². The summed E-state index contributed by atoms with van der Waals surface area (Å²) in [5.41, 5.74) is 3.20. The molecular formula is C13H13BrN4O2. The Hall–Kier alpha value is -2.12. The molecule has 0 aliphatic heterocycles. The third-order valence-electron chi connectivity index (χ3n) is 2.54.